The van der Waals surface area contributed by atoms with Crippen molar-refractivity contribution in [3.05, 3.63) is 23.4 Å². The summed E-state index contributed by atoms with van der Waals surface area (Å²) in [6, 6.07) is 3.42. The molecule has 1 fully saturated rings. The highest BCUT2D eigenvalue weighted by Crippen LogP contribution is 2.36. The van der Waals surface area contributed by atoms with Gasteiger partial charge in [-0.1, -0.05) is 11.6 Å². The van der Waals surface area contributed by atoms with Crippen molar-refractivity contribution in [3.63, 3.8) is 0 Å². The standard InChI is InChI=1S/C16H21ClN6O2/c1-22-4-6-23(7-5-22)15-10-18-21-16(20-15)19-12-9-13(24-2)11(17)8-14(12)25-3/h8-10H,4-7H2,1-3H3,(H,19,20,21). The van der Waals surface area contributed by atoms with Gasteiger partial charge in [0.1, 0.15) is 11.5 Å². The third-order valence-corrected chi connectivity index (χ3v) is 4.39. The topological polar surface area (TPSA) is 75.6 Å². The van der Waals surface area contributed by atoms with E-state index in [-0.39, 0.29) is 0 Å². The average molecular weight is 365 g/mol. The summed E-state index contributed by atoms with van der Waals surface area (Å²) in [6.45, 7) is 3.81. The minimum Gasteiger partial charge on any atom is -0.495 e. The maximum absolute atomic E-state index is 6.13. The van der Waals surface area contributed by atoms with Gasteiger partial charge in [0.15, 0.2) is 5.82 Å². The molecule has 25 heavy (non-hydrogen) atoms. The maximum atomic E-state index is 6.13. The van der Waals surface area contributed by atoms with Crippen LogP contribution in [0.2, 0.25) is 5.02 Å². The highest BCUT2D eigenvalue weighted by Gasteiger charge is 2.17. The van der Waals surface area contributed by atoms with Gasteiger partial charge in [0.05, 0.1) is 31.1 Å². The fourth-order valence-electron chi connectivity index (χ4n) is 2.61. The number of rotatable bonds is 5. The van der Waals surface area contributed by atoms with E-state index in [1.807, 2.05) is 0 Å². The van der Waals surface area contributed by atoms with Crippen molar-refractivity contribution in [2.45, 2.75) is 0 Å². The summed E-state index contributed by atoms with van der Waals surface area (Å²) in [5.41, 5.74) is 0.654. The van der Waals surface area contributed by atoms with Crippen LogP contribution in [0.1, 0.15) is 0 Å². The van der Waals surface area contributed by atoms with E-state index in [9.17, 15) is 0 Å². The molecular formula is C16H21ClN6O2. The SMILES string of the molecule is COc1cc(Nc2nncc(N3CCN(C)CC3)n2)c(OC)cc1Cl. The number of nitrogens with one attached hydrogen (secondary N) is 1. The van der Waals surface area contributed by atoms with Gasteiger partial charge in [-0.3, -0.25) is 0 Å². The molecule has 0 atom stereocenters. The Balaban J connectivity index is 1.83. The number of aromatic nitrogens is 3. The van der Waals surface area contributed by atoms with E-state index in [1.165, 1.54) is 0 Å². The first kappa shape index (κ1) is 17.5. The van der Waals surface area contributed by atoms with Crippen LogP contribution >= 0.6 is 11.6 Å². The summed E-state index contributed by atoms with van der Waals surface area (Å²) < 4.78 is 10.6. The molecule has 0 unspecified atom stereocenters. The molecule has 8 nitrogen and oxygen atoms in total. The lowest BCUT2D eigenvalue weighted by atomic mass is 10.2. The molecule has 3 rings (SSSR count). The van der Waals surface area contributed by atoms with Gasteiger partial charge in [0, 0.05) is 38.3 Å². The summed E-state index contributed by atoms with van der Waals surface area (Å²) in [5, 5.41) is 11.7. The number of hydrogen-bond donors (Lipinski definition) is 1. The number of hydrogen-bond acceptors (Lipinski definition) is 8. The number of nitrogens with zero attached hydrogens (tertiary/aromatic N) is 5. The van der Waals surface area contributed by atoms with Crippen molar-refractivity contribution >= 4 is 29.1 Å². The van der Waals surface area contributed by atoms with Crippen molar-refractivity contribution in [2.24, 2.45) is 0 Å². The molecule has 2 heterocycles. The number of ether oxygens (including phenoxy) is 2. The Labute approximate surface area is 151 Å². The second-order valence-electron chi connectivity index (χ2n) is 5.74. The zero-order valence-corrected chi connectivity index (χ0v) is 15.2. The highest BCUT2D eigenvalue weighted by molar-refractivity contribution is 6.32. The molecule has 0 aliphatic carbocycles. The number of halogens is 1. The Kier molecular flexibility index (Phi) is 5.40. The zero-order chi connectivity index (χ0) is 17.8. The van der Waals surface area contributed by atoms with Crippen LogP contribution in [-0.2, 0) is 0 Å². The molecule has 9 heteroatoms. The normalized spacial score (nSPS) is 15.1. The van der Waals surface area contributed by atoms with Gasteiger partial charge >= 0.3 is 0 Å². The molecule has 0 saturated carbocycles. The van der Waals surface area contributed by atoms with Gasteiger partial charge < -0.3 is 24.6 Å². The van der Waals surface area contributed by atoms with E-state index < -0.39 is 0 Å². The first-order valence-electron chi connectivity index (χ1n) is 7.92. The van der Waals surface area contributed by atoms with Crippen LogP contribution in [0.15, 0.2) is 18.3 Å². The summed E-state index contributed by atoms with van der Waals surface area (Å²) in [7, 11) is 5.25. The molecule has 0 spiro atoms. The molecule has 2 aromatic rings. The highest BCUT2D eigenvalue weighted by atomic mass is 35.5. The Bertz CT molecular complexity index is 737. The molecule has 134 valence electrons. The van der Waals surface area contributed by atoms with E-state index in [0.717, 1.165) is 32.0 Å². The van der Waals surface area contributed by atoms with E-state index in [4.69, 9.17) is 21.1 Å². The monoisotopic (exact) mass is 364 g/mol. The molecule has 0 amide bonds. The van der Waals surface area contributed by atoms with Crippen LogP contribution in [0.5, 0.6) is 11.5 Å². The number of benzene rings is 1. The van der Waals surface area contributed by atoms with Gasteiger partial charge in [-0.15, -0.1) is 5.10 Å². The lowest BCUT2D eigenvalue weighted by Gasteiger charge is -2.32. The number of likely N-dealkylation sites (N-methyl/N-ethyl adjacent to an activating group) is 1. The van der Waals surface area contributed by atoms with Gasteiger partial charge in [0.25, 0.3) is 0 Å². The first-order valence-corrected chi connectivity index (χ1v) is 8.30. The van der Waals surface area contributed by atoms with Gasteiger partial charge in [-0.25, -0.2) is 0 Å². The summed E-state index contributed by atoms with van der Waals surface area (Å²) in [6.07, 6.45) is 1.68. The van der Waals surface area contributed by atoms with Gasteiger partial charge in [0.2, 0.25) is 5.95 Å². The van der Waals surface area contributed by atoms with Crippen molar-refractivity contribution in [3.8, 4) is 11.5 Å². The molecule has 1 saturated heterocycles. The minimum absolute atomic E-state index is 0.388. The lowest BCUT2D eigenvalue weighted by molar-refractivity contribution is 0.312. The third kappa shape index (κ3) is 4.02. The number of methoxy groups -OCH3 is 2. The largest absolute Gasteiger partial charge is 0.495 e. The molecule has 1 aromatic carbocycles. The second-order valence-corrected chi connectivity index (χ2v) is 6.15. The lowest BCUT2D eigenvalue weighted by Crippen LogP contribution is -2.44. The molecule has 1 N–H and O–H groups in total. The second kappa shape index (κ2) is 7.71. The molecule has 1 aliphatic heterocycles. The van der Waals surface area contributed by atoms with Crippen molar-refractivity contribution in [2.75, 3.05) is 57.7 Å². The average Bonchev–Trinajstić information content (AvgIpc) is 2.63. The first-order chi connectivity index (χ1) is 12.1. The summed E-state index contributed by atoms with van der Waals surface area (Å²) in [4.78, 5) is 9.04. The molecule has 1 aromatic heterocycles. The Morgan fingerprint density at radius 1 is 1.08 bits per heavy atom. The number of piperazine rings is 1. The van der Waals surface area contributed by atoms with E-state index in [2.05, 4.69) is 37.3 Å². The smallest absolute Gasteiger partial charge is 0.249 e. The zero-order valence-electron chi connectivity index (χ0n) is 14.5. The summed E-state index contributed by atoms with van der Waals surface area (Å²) in [5.74, 6) is 2.29. The molecule has 0 radical (unpaired) electrons. The van der Waals surface area contributed by atoms with Crippen molar-refractivity contribution in [1.29, 1.82) is 0 Å². The van der Waals surface area contributed by atoms with Crippen molar-refractivity contribution in [1.82, 2.24) is 20.1 Å². The minimum atomic E-state index is 0.388. The van der Waals surface area contributed by atoms with E-state index in [1.54, 1.807) is 32.5 Å². The van der Waals surface area contributed by atoms with Gasteiger partial charge in [-0.05, 0) is 7.05 Å². The molecular weight excluding hydrogens is 344 g/mol. The van der Waals surface area contributed by atoms with Crippen LogP contribution in [0.25, 0.3) is 0 Å². The Hall–Kier alpha value is -2.32. The predicted octanol–water partition coefficient (Wildman–Crippen LogP) is 2.04. The van der Waals surface area contributed by atoms with E-state index >= 15 is 0 Å². The van der Waals surface area contributed by atoms with Crippen LogP contribution in [-0.4, -0.2) is 67.5 Å². The maximum Gasteiger partial charge on any atom is 0.249 e. The fraction of sp³-hybridized carbons (Fsp3) is 0.438. The van der Waals surface area contributed by atoms with Crippen LogP contribution < -0.4 is 19.7 Å². The van der Waals surface area contributed by atoms with Gasteiger partial charge in [-0.2, -0.15) is 10.1 Å². The van der Waals surface area contributed by atoms with Crippen LogP contribution in [0, 0.1) is 0 Å². The quantitative estimate of drug-likeness (QED) is 0.863. The number of anilines is 3. The van der Waals surface area contributed by atoms with E-state index in [0.29, 0.717) is 28.2 Å². The fourth-order valence-corrected chi connectivity index (χ4v) is 2.85. The third-order valence-electron chi connectivity index (χ3n) is 4.09. The molecule has 1 aliphatic rings. The molecule has 0 bridgehead atoms. The van der Waals surface area contributed by atoms with Crippen LogP contribution in [0.4, 0.5) is 17.5 Å². The van der Waals surface area contributed by atoms with Crippen LogP contribution in [0.3, 0.4) is 0 Å². The Morgan fingerprint density at radius 3 is 2.48 bits per heavy atom. The predicted molar refractivity (Wildman–Crippen MR) is 97.4 cm³/mol. The Morgan fingerprint density at radius 2 is 1.80 bits per heavy atom. The summed E-state index contributed by atoms with van der Waals surface area (Å²) >= 11 is 6.13. The van der Waals surface area contributed by atoms with Crippen molar-refractivity contribution < 1.29 is 9.47 Å².